The summed E-state index contributed by atoms with van der Waals surface area (Å²) in [6.45, 7) is 4.40. The normalized spacial score (nSPS) is 12.3. The number of nitrogens with one attached hydrogen (secondary N) is 1. The van der Waals surface area contributed by atoms with E-state index < -0.39 is 11.4 Å². The van der Waals surface area contributed by atoms with Crippen LogP contribution in [0.1, 0.15) is 17.0 Å². The highest BCUT2D eigenvalue weighted by Crippen LogP contribution is 2.29. The van der Waals surface area contributed by atoms with Crippen molar-refractivity contribution in [3.63, 3.8) is 0 Å². The molecule has 8 heteroatoms. The first-order valence-electron chi connectivity index (χ1n) is 9.53. The molecule has 154 valence electrons. The number of imidazole rings is 1. The van der Waals surface area contributed by atoms with Gasteiger partial charge in [0.15, 0.2) is 5.82 Å². The van der Waals surface area contributed by atoms with Gasteiger partial charge in [-0.2, -0.15) is 4.72 Å². The molecule has 0 amide bonds. The highest BCUT2D eigenvalue weighted by molar-refractivity contribution is 7.92. The van der Waals surface area contributed by atoms with E-state index >= 15 is 0 Å². The minimum atomic E-state index is -1.30. The minimum Gasteiger partial charge on any atom is -0.593 e. The maximum absolute atomic E-state index is 12.1. The molecule has 0 unspecified atom stereocenters. The first-order chi connectivity index (χ1) is 14.3. The number of fused-ring (bicyclic) bond motifs is 1. The van der Waals surface area contributed by atoms with E-state index in [9.17, 15) is 9.35 Å². The molecule has 0 aliphatic carbocycles. The van der Waals surface area contributed by atoms with Gasteiger partial charge in [0, 0.05) is 30.9 Å². The average Bonchev–Trinajstić information content (AvgIpc) is 3.02. The van der Waals surface area contributed by atoms with Gasteiger partial charge in [0.05, 0.1) is 22.6 Å². The van der Waals surface area contributed by atoms with Crippen LogP contribution in [0.4, 0.5) is 5.82 Å². The summed E-state index contributed by atoms with van der Waals surface area (Å²) in [5, 5.41) is 0. The summed E-state index contributed by atoms with van der Waals surface area (Å²) in [4.78, 5) is 21.5. The van der Waals surface area contributed by atoms with Crippen LogP contribution in [0.15, 0.2) is 53.5 Å². The maximum Gasteiger partial charge on any atom is 0.253 e. The Morgan fingerprint density at radius 1 is 1.13 bits per heavy atom. The van der Waals surface area contributed by atoms with E-state index in [1.807, 2.05) is 37.3 Å². The number of nitrogens with zero attached hydrogens (tertiary/aromatic N) is 4. The highest BCUT2D eigenvalue weighted by atomic mass is 32.2. The number of aromatic nitrogens is 4. The fraction of sp³-hybridized carbons (Fsp3) is 0.227. The molecular formula is C22H23N5O2S. The van der Waals surface area contributed by atoms with Crippen LogP contribution < -0.4 is 10.3 Å². The Morgan fingerprint density at radius 2 is 1.87 bits per heavy atom. The van der Waals surface area contributed by atoms with Crippen LogP contribution in [-0.4, -0.2) is 29.9 Å². The molecule has 0 spiro atoms. The number of hydrogen-bond donors (Lipinski definition) is 1. The molecule has 1 N–H and O–H groups in total. The summed E-state index contributed by atoms with van der Waals surface area (Å²) >= 11 is -1.30. The molecule has 1 atom stereocenters. The average molecular weight is 422 g/mol. The van der Waals surface area contributed by atoms with Gasteiger partial charge in [0.1, 0.15) is 17.6 Å². The Labute approximate surface area is 177 Å². The van der Waals surface area contributed by atoms with Gasteiger partial charge in [-0.1, -0.05) is 30.3 Å². The lowest BCUT2D eigenvalue weighted by Crippen LogP contribution is -2.18. The zero-order valence-corrected chi connectivity index (χ0v) is 18.2. The second-order valence-corrected chi connectivity index (χ2v) is 8.45. The number of pyridine rings is 2. The van der Waals surface area contributed by atoms with Crippen LogP contribution in [0.2, 0.25) is 0 Å². The predicted octanol–water partition coefficient (Wildman–Crippen LogP) is 3.17. The lowest BCUT2D eigenvalue weighted by Gasteiger charge is -2.12. The van der Waals surface area contributed by atoms with Gasteiger partial charge in [-0.05, 0) is 31.5 Å². The Kier molecular flexibility index (Phi) is 5.36. The van der Waals surface area contributed by atoms with Crippen LogP contribution in [0, 0.1) is 13.8 Å². The summed E-state index contributed by atoms with van der Waals surface area (Å²) < 4.78 is 18.5. The van der Waals surface area contributed by atoms with E-state index in [1.54, 1.807) is 31.0 Å². The van der Waals surface area contributed by atoms with Crippen LogP contribution >= 0.6 is 0 Å². The molecule has 0 fully saturated rings. The fourth-order valence-corrected chi connectivity index (χ4v) is 3.99. The lowest BCUT2D eigenvalue weighted by atomic mass is 10.1. The summed E-state index contributed by atoms with van der Waals surface area (Å²) in [5.74, 6) is 1.30. The molecule has 0 radical (unpaired) electrons. The Balaban J connectivity index is 1.94. The van der Waals surface area contributed by atoms with Gasteiger partial charge in [-0.15, -0.1) is 0 Å². The molecule has 0 aliphatic heterocycles. The van der Waals surface area contributed by atoms with Crippen molar-refractivity contribution in [2.24, 2.45) is 7.05 Å². The molecule has 0 saturated carbocycles. The van der Waals surface area contributed by atoms with E-state index in [-0.39, 0.29) is 5.56 Å². The van der Waals surface area contributed by atoms with Crippen molar-refractivity contribution in [2.45, 2.75) is 20.4 Å². The number of aryl methyl sites for hydroxylation is 3. The summed E-state index contributed by atoms with van der Waals surface area (Å²) in [6, 6.07) is 14.0. The van der Waals surface area contributed by atoms with Crippen molar-refractivity contribution in [1.29, 1.82) is 0 Å². The van der Waals surface area contributed by atoms with Crippen molar-refractivity contribution in [3.8, 4) is 11.3 Å². The number of anilines is 1. The molecule has 0 bridgehead atoms. The first-order valence-corrected chi connectivity index (χ1v) is 11.1. The van der Waals surface area contributed by atoms with Crippen molar-refractivity contribution < 1.29 is 4.55 Å². The first kappa shape index (κ1) is 20.2. The molecule has 1 aromatic carbocycles. The zero-order valence-electron chi connectivity index (χ0n) is 17.3. The predicted molar refractivity (Wildman–Crippen MR) is 121 cm³/mol. The largest absolute Gasteiger partial charge is 0.593 e. The lowest BCUT2D eigenvalue weighted by molar-refractivity contribution is 0.605. The highest BCUT2D eigenvalue weighted by Gasteiger charge is 2.18. The van der Waals surface area contributed by atoms with Gasteiger partial charge >= 0.3 is 0 Å². The van der Waals surface area contributed by atoms with E-state index in [4.69, 9.17) is 4.98 Å². The van der Waals surface area contributed by atoms with E-state index in [0.29, 0.717) is 29.1 Å². The molecule has 4 aromatic rings. The van der Waals surface area contributed by atoms with Crippen LogP contribution in [0.5, 0.6) is 0 Å². The Bertz CT molecular complexity index is 1250. The molecule has 30 heavy (non-hydrogen) atoms. The third-order valence-electron chi connectivity index (χ3n) is 5.01. The molecule has 4 rings (SSSR count). The van der Waals surface area contributed by atoms with Crippen molar-refractivity contribution >= 4 is 28.2 Å². The van der Waals surface area contributed by atoms with Crippen LogP contribution in [0.3, 0.4) is 0 Å². The fourth-order valence-electron chi connectivity index (χ4n) is 3.58. The summed E-state index contributed by atoms with van der Waals surface area (Å²) in [7, 11) is 1.72. The molecular weight excluding hydrogens is 398 g/mol. The smallest absolute Gasteiger partial charge is 0.253 e. The van der Waals surface area contributed by atoms with Gasteiger partial charge in [0.25, 0.3) is 5.56 Å². The monoisotopic (exact) mass is 421 g/mol. The quantitative estimate of drug-likeness (QED) is 0.500. The van der Waals surface area contributed by atoms with Gasteiger partial charge in [-0.3, -0.25) is 4.79 Å². The van der Waals surface area contributed by atoms with Gasteiger partial charge < -0.3 is 13.7 Å². The summed E-state index contributed by atoms with van der Waals surface area (Å²) in [6.07, 6.45) is 3.32. The third kappa shape index (κ3) is 3.83. The van der Waals surface area contributed by atoms with Crippen molar-refractivity contribution in [1.82, 2.24) is 19.1 Å². The number of benzene rings is 1. The van der Waals surface area contributed by atoms with Crippen molar-refractivity contribution in [3.05, 3.63) is 76.0 Å². The Hall–Kier alpha value is -3.10. The standard InChI is InChI=1S/C22H23N5O2S/c1-14-10-17(13-26(3)22(14)28)18-11-19-20(21(24-18)25-30(4)29)23-15(2)27(19)12-16-8-6-5-7-9-16/h5-11,13H,12H2,1-4H3,(H,24,25)/t30-/m0/s1. The van der Waals surface area contributed by atoms with E-state index in [1.165, 1.54) is 0 Å². The Morgan fingerprint density at radius 3 is 2.53 bits per heavy atom. The minimum absolute atomic E-state index is 0.0437. The third-order valence-corrected chi connectivity index (χ3v) is 5.49. The molecule has 3 heterocycles. The molecule has 0 saturated heterocycles. The summed E-state index contributed by atoms with van der Waals surface area (Å²) in [5.41, 5.74) is 4.81. The van der Waals surface area contributed by atoms with Crippen LogP contribution in [0.25, 0.3) is 22.3 Å². The van der Waals surface area contributed by atoms with Crippen LogP contribution in [-0.2, 0) is 25.0 Å². The molecule has 0 aliphatic rings. The van der Waals surface area contributed by atoms with Crippen molar-refractivity contribution in [2.75, 3.05) is 11.0 Å². The molecule has 3 aromatic heterocycles. The van der Waals surface area contributed by atoms with E-state index in [2.05, 4.69) is 26.4 Å². The second kappa shape index (κ2) is 7.97. The molecule has 7 nitrogen and oxygen atoms in total. The topological polar surface area (TPSA) is 87.8 Å². The number of hydrogen-bond acceptors (Lipinski definition) is 5. The zero-order chi connectivity index (χ0) is 21.4. The van der Waals surface area contributed by atoms with Gasteiger partial charge in [0.2, 0.25) is 0 Å². The van der Waals surface area contributed by atoms with Gasteiger partial charge in [-0.25, -0.2) is 9.97 Å². The SMILES string of the molecule is Cc1cc(-c2cc3c(nc(C)n3Cc3ccccc3)c(N[S@+](C)[O-])n2)cn(C)c1=O. The van der Waals surface area contributed by atoms with E-state index in [0.717, 1.165) is 22.5 Å². The second-order valence-electron chi connectivity index (χ2n) is 7.34. The number of rotatable bonds is 5. The maximum atomic E-state index is 12.1.